The topological polar surface area (TPSA) is 91.2 Å². The zero-order valence-corrected chi connectivity index (χ0v) is 14.1. The summed E-state index contributed by atoms with van der Waals surface area (Å²) in [7, 11) is 0. The number of hydrogen-bond donors (Lipinski definition) is 2. The number of nitriles is 1. The van der Waals surface area contributed by atoms with Gasteiger partial charge in [-0.2, -0.15) is 5.26 Å². The largest absolute Gasteiger partial charge is 0.489 e. The maximum atomic E-state index is 12.2. The lowest BCUT2D eigenvalue weighted by Gasteiger charge is -2.15. The highest BCUT2D eigenvalue weighted by Gasteiger charge is 2.29. The van der Waals surface area contributed by atoms with Crippen LogP contribution in [0, 0.1) is 17.2 Å². The summed E-state index contributed by atoms with van der Waals surface area (Å²) in [6.45, 7) is 0.774. The van der Waals surface area contributed by atoms with Crippen LogP contribution in [0.25, 0.3) is 0 Å². The molecule has 132 valence electrons. The Bertz CT molecular complexity index is 812. The Hall–Kier alpha value is -3.33. The summed E-state index contributed by atoms with van der Waals surface area (Å²) in [6.07, 6.45) is 0.163. The van der Waals surface area contributed by atoms with Crippen LogP contribution in [0.3, 0.4) is 0 Å². The van der Waals surface area contributed by atoms with Crippen LogP contribution < -0.4 is 15.4 Å². The van der Waals surface area contributed by atoms with Gasteiger partial charge in [0.15, 0.2) is 0 Å². The second-order valence-electron chi connectivity index (χ2n) is 6.12. The van der Waals surface area contributed by atoms with Gasteiger partial charge in [0.2, 0.25) is 11.8 Å². The van der Waals surface area contributed by atoms with Crippen LogP contribution >= 0.6 is 0 Å². The van der Waals surface area contributed by atoms with Crippen LogP contribution in [0.4, 0.5) is 0 Å². The molecule has 6 nitrogen and oxygen atoms in total. The first kappa shape index (κ1) is 17.5. The van der Waals surface area contributed by atoms with E-state index in [0.717, 1.165) is 5.56 Å². The van der Waals surface area contributed by atoms with E-state index < -0.39 is 12.0 Å². The van der Waals surface area contributed by atoms with Crippen LogP contribution in [0.1, 0.15) is 23.6 Å². The number of benzene rings is 2. The molecule has 0 aliphatic carbocycles. The minimum atomic E-state index is -0.763. The average Bonchev–Trinajstić information content (AvgIpc) is 3.12. The van der Waals surface area contributed by atoms with Crippen molar-refractivity contribution in [3.63, 3.8) is 0 Å². The molecule has 2 amide bonds. The maximum absolute atomic E-state index is 12.2. The van der Waals surface area contributed by atoms with Gasteiger partial charge in [-0.15, -0.1) is 0 Å². The van der Waals surface area contributed by atoms with E-state index in [9.17, 15) is 14.9 Å². The predicted molar refractivity (Wildman–Crippen MR) is 94.8 cm³/mol. The SMILES string of the molecule is N#C[C@@H](NC(=O)[C@H]1CNC(=O)C1)c1ccc(OCc2ccccc2)cc1. The van der Waals surface area contributed by atoms with Crippen LogP contribution in [-0.4, -0.2) is 18.4 Å². The Morgan fingerprint density at radius 3 is 2.58 bits per heavy atom. The average molecular weight is 349 g/mol. The fraction of sp³-hybridized carbons (Fsp3) is 0.250. The van der Waals surface area contributed by atoms with Crippen molar-refractivity contribution in [3.8, 4) is 11.8 Å². The minimum absolute atomic E-state index is 0.140. The summed E-state index contributed by atoms with van der Waals surface area (Å²) in [5, 5.41) is 14.7. The van der Waals surface area contributed by atoms with E-state index in [1.165, 1.54) is 0 Å². The molecule has 1 aliphatic rings. The van der Waals surface area contributed by atoms with E-state index in [1.807, 2.05) is 30.3 Å². The van der Waals surface area contributed by atoms with Gasteiger partial charge in [-0.1, -0.05) is 42.5 Å². The van der Waals surface area contributed by atoms with Gasteiger partial charge in [0.1, 0.15) is 18.4 Å². The molecule has 1 heterocycles. The number of carbonyl (C=O) groups is 2. The van der Waals surface area contributed by atoms with Gasteiger partial charge < -0.3 is 15.4 Å². The number of rotatable bonds is 6. The molecule has 2 aromatic carbocycles. The van der Waals surface area contributed by atoms with Gasteiger partial charge in [-0.3, -0.25) is 9.59 Å². The molecule has 1 fully saturated rings. The van der Waals surface area contributed by atoms with Crippen molar-refractivity contribution in [1.82, 2.24) is 10.6 Å². The molecule has 0 bridgehead atoms. The molecule has 0 aromatic heterocycles. The molecule has 1 saturated heterocycles. The first-order chi connectivity index (χ1) is 12.7. The summed E-state index contributed by atoms with van der Waals surface area (Å²) in [6, 6.07) is 18.2. The molecule has 0 radical (unpaired) electrons. The molecule has 26 heavy (non-hydrogen) atoms. The highest BCUT2D eigenvalue weighted by atomic mass is 16.5. The zero-order chi connectivity index (χ0) is 18.4. The van der Waals surface area contributed by atoms with Crippen molar-refractivity contribution in [2.75, 3.05) is 6.54 Å². The molecule has 2 N–H and O–H groups in total. The number of amides is 2. The lowest BCUT2D eigenvalue weighted by atomic mass is 10.0. The smallest absolute Gasteiger partial charge is 0.226 e. The third-order valence-corrected chi connectivity index (χ3v) is 4.23. The molecule has 0 saturated carbocycles. The van der Waals surface area contributed by atoms with E-state index in [4.69, 9.17) is 4.74 Å². The highest BCUT2D eigenvalue weighted by molar-refractivity contribution is 5.89. The zero-order valence-electron chi connectivity index (χ0n) is 14.1. The molecular formula is C20H19N3O3. The van der Waals surface area contributed by atoms with Crippen molar-refractivity contribution in [2.45, 2.75) is 19.1 Å². The van der Waals surface area contributed by atoms with E-state index in [-0.39, 0.29) is 18.2 Å². The number of nitrogens with one attached hydrogen (secondary N) is 2. The molecule has 6 heteroatoms. The first-order valence-electron chi connectivity index (χ1n) is 8.39. The van der Waals surface area contributed by atoms with Crippen LogP contribution in [0.15, 0.2) is 54.6 Å². The summed E-state index contributed by atoms with van der Waals surface area (Å²) >= 11 is 0. The van der Waals surface area contributed by atoms with Gasteiger partial charge in [0, 0.05) is 13.0 Å². The van der Waals surface area contributed by atoms with Gasteiger partial charge in [-0.25, -0.2) is 0 Å². The minimum Gasteiger partial charge on any atom is -0.489 e. The van der Waals surface area contributed by atoms with Gasteiger partial charge in [0.25, 0.3) is 0 Å². The second-order valence-corrected chi connectivity index (χ2v) is 6.12. The van der Waals surface area contributed by atoms with E-state index in [2.05, 4.69) is 16.7 Å². The lowest BCUT2D eigenvalue weighted by Crippen LogP contribution is -2.34. The third kappa shape index (κ3) is 4.39. The van der Waals surface area contributed by atoms with E-state index in [1.54, 1.807) is 24.3 Å². The summed E-state index contributed by atoms with van der Waals surface area (Å²) in [5.41, 5.74) is 1.74. The monoisotopic (exact) mass is 349 g/mol. The molecule has 0 unspecified atom stereocenters. The van der Waals surface area contributed by atoms with E-state index >= 15 is 0 Å². The Morgan fingerprint density at radius 1 is 1.23 bits per heavy atom. The van der Waals surface area contributed by atoms with Crippen LogP contribution in [-0.2, 0) is 16.2 Å². The van der Waals surface area contributed by atoms with Gasteiger partial charge in [-0.05, 0) is 23.3 Å². The quantitative estimate of drug-likeness (QED) is 0.835. The lowest BCUT2D eigenvalue weighted by molar-refractivity contribution is -0.126. The summed E-state index contributed by atoms with van der Waals surface area (Å²) in [5.74, 6) is -0.170. The molecule has 3 rings (SSSR count). The Labute approximate surface area is 151 Å². The van der Waals surface area contributed by atoms with Crippen molar-refractivity contribution in [2.24, 2.45) is 5.92 Å². The number of nitrogens with zero attached hydrogens (tertiary/aromatic N) is 1. The second kappa shape index (κ2) is 8.17. The Morgan fingerprint density at radius 2 is 1.96 bits per heavy atom. The van der Waals surface area contributed by atoms with Crippen molar-refractivity contribution in [1.29, 1.82) is 5.26 Å². The van der Waals surface area contributed by atoms with Gasteiger partial charge >= 0.3 is 0 Å². The fourth-order valence-electron chi connectivity index (χ4n) is 2.74. The summed E-state index contributed by atoms with van der Waals surface area (Å²) in [4.78, 5) is 23.4. The number of ether oxygens (including phenoxy) is 1. The van der Waals surface area contributed by atoms with Crippen LogP contribution in [0.2, 0.25) is 0 Å². The normalized spacial score (nSPS) is 17.0. The van der Waals surface area contributed by atoms with Crippen molar-refractivity contribution < 1.29 is 14.3 Å². The first-order valence-corrected chi connectivity index (χ1v) is 8.39. The number of carbonyl (C=O) groups excluding carboxylic acids is 2. The molecule has 2 aromatic rings. The molecular weight excluding hydrogens is 330 g/mol. The fourth-order valence-corrected chi connectivity index (χ4v) is 2.74. The predicted octanol–water partition coefficient (Wildman–Crippen LogP) is 2.08. The van der Waals surface area contributed by atoms with E-state index in [0.29, 0.717) is 24.5 Å². The summed E-state index contributed by atoms with van der Waals surface area (Å²) < 4.78 is 5.72. The highest BCUT2D eigenvalue weighted by Crippen LogP contribution is 2.20. The molecule has 2 atom stereocenters. The standard InChI is InChI=1S/C20H19N3O3/c21-11-18(23-20(25)16-10-19(24)22-12-16)15-6-8-17(9-7-15)26-13-14-4-2-1-3-5-14/h1-9,16,18H,10,12-13H2,(H,22,24)(H,23,25)/t16-,18-/m1/s1. The third-order valence-electron chi connectivity index (χ3n) is 4.23. The Kier molecular flexibility index (Phi) is 5.49. The molecule has 0 spiro atoms. The van der Waals surface area contributed by atoms with Crippen molar-refractivity contribution in [3.05, 3.63) is 65.7 Å². The molecule has 1 aliphatic heterocycles. The maximum Gasteiger partial charge on any atom is 0.226 e. The number of hydrogen-bond acceptors (Lipinski definition) is 4. The van der Waals surface area contributed by atoms with Crippen LogP contribution in [0.5, 0.6) is 5.75 Å². The Balaban J connectivity index is 1.58. The van der Waals surface area contributed by atoms with Crippen molar-refractivity contribution >= 4 is 11.8 Å². The van der Waals surface area contributed by atoms with Gasteiger partial charge in [0.05, 0.1) is 12.0 Å².